The third-order valence-electron chi connectivity index (χ3n) is 2.14. The first-order valence-electron chi connectivity index (χ1n) is 4.98. The largest absolute Gasteiger partial charge is 0.464 e. The van der Waals surface area contributed by atoms with E-state index in [1.54, 1.807) is 25.1 Å². The zero-order valence-electron chi connectivity index (χ0n) is 9.53. The second-order valence-corrected chi connectivity index (χ2v) is 4.67. The van der Waals surface area contributed by atoms with Gasteiger partial charge in [0.15, 0.2) is 0 Å². The highest BCUT2D eigenvalue weighted by molar-refractivity contribution is 9.10. The minimum atomic E-state index is -1.93. The topological polar surface area (TPSA) is 52.3 Å². The maximum atomic E-state index is 13.7. The van der Waals surface area contributed by atoms with Gasteiger partial charge in [0.25, 0.3) is 0 Å². The number of esters is 1. The highest BCUT2D eigenvalue weighted by Crippen LogP contribution is 2.28. The molecule has 0 aliphatic heterocycles. The van der Waals surface area contributed by atoms with Crippen LogP contribution in [-0.4, -0.2) is 18.7 Å². The van der Waals surface area contributed by atoms with Gasteiger partial charge in [-0.05, 0) is 30.7 Å². The van der Waals surface area contributed by atoms with Crippen LogP contribution in [0.4, 0.5) is 4.39 Å². The standard InChI is InChI=1S/C11H12BrClFNO2.ClH/c1-2-17-11(16)9(14)10(15)7-5-6(12)3-4-8(7)13;/h3-5,9-10H,2,15H2,1H3;1H/t9?,10-;/m1./s1. The fourth-order valence-corrected chi connectivity index (χ4v) is 1.92. The van der Waals surface area contributed by atoms with Crippen LogP contribution in [0, 0.1) is 0 Å². The first kappa shape index (κ1) is 17.6. The van der Waals surface area contributed by atoms with Gasteiger partial charge in [-0.15, -0.1) is 12.4 Å². The number of nitrogens with two attached hydrogens (primary N) is 1. The van der Waals surface area contributed by atoms with E-state index in [0.717, 1.165) is 0 Å². The van der Waals surface area contributed by atoms with Crippen LogP contribution in [0.3, 0.4) is 0 Å². The van der Waals surface area contributed by atoms with Crippen molar-refractivity contribution in [3.05, 3.63) is 33.3 Å². The molecule has 1 rings (SSSR count). The van der Waals surface area contributed by atoms with Gasteiger partial charge in [0.05, 0.1) is 12.6 Å². The lowest BCUT2D eigenvalue weighted by Gasteiger charge is -2.17. The average molecular weight is 361 g/mol. The Bertz CT molecular complexity index is 420. The van der Waals surface area contributed by atoms with Gasteiger partial charge in [0.1, 0.15) is 0 Å². The lowest BCUT2D eigenvalue weighted by Crippen LogP contribution is -2.31. The van der Waals surface area contributed by atoms with E-state index in [2.05, 4.69) is 20.7 Å². The van der Waals surface area contributed by atoms with Gasteiger partial charge < -0.3 is 10.5 Å². The molecule has 0 aromatic heterocycles. The van der Waals surface area contributed by atoms with Crippen LogP contribution in [0.25, 0.3) is 0 Å². The van der Waals surface area contributed by atoms with Crippen molar-refractivity contribution in [1.82, 2.24) is 0 Å². The quantitative estimate of drug-likeness (QED) is 0.837. The van der Waals surface area contributed by atoms with Gasteiger partial charge in [0.2, 0.25) is 6.17 Å². The predicted molar refractivity (Wildman–Crippen MR) is 74.9 cm³/mol. The lowest BCUT2D eigenvalue weighted by atomic mass is 10.0. The number of hydrogen-bond donors (Lipinski definition) is 1. The predicted octanol–water partition coefficient (Wildman–Crippen LogP) is 3.43. The summed E-state index contributed by atoms with van der Waals surface area (Å²) in [4.78, 5) is 11.2. The molecule has 2 N–H and O–H groups in total. The van der Waals surface area contributed by atoms with E-state index in [1.807, 2.05) is 0 Å². The minimum Gasteiger partial charge on any atom is -0.464 e. The average Bonchev–Trinajstić information content (AvgIpc) is 2.30. The van der Waals surface area contributed by atoms with E-state index in [4.69, 9.17) is 17.3 Å². The maximum Gasteiger partial charge on any atom is 0.342 e. The van der Waals surface area contributed by atoms with Gasteiger partial charge in [-0.25, -0.2) is 9.18 Å². The Morgan fingerprint density at radius 3 is 2.78 bits per heavy atom. The Balaban J connectivity index is 0.00000289. The lowest BCUT2D eigenvalue weighted by molar-refractivity contribution is -0.149. The molecule has 0 amide bonds. The van der Waals surface area contributed by atoms with E-state index in [-0.39, 0.29) is 19.0 Å². The van der Waals surface area contributed by atoms with Crippen LogP contribution in [0.2, 0.25) is 5.02 Å². The van der Waals surface area contributed by atoms with Crippen LogP contribution in [0.5, 0.6) is 0 Å². The fraction of sp³-hybridized carbons (Fsp3) is 0.364. The number of hydrogen-bond acceptors (Lipinski definition) is 3. The van der Waals surface area contributed by atoms with Crippen LogP contribution < -0.4 is 5.73 Å². The molecule has 0 aliphatic carbocycles. The zero-order valence-corrected chi connectivity index (χ0v) is 12.7. The maximum absolute atomic E-state index is 13.7. The summed E-state index contributed by atoms with van der Waals surface area (Å²) in [6.07, 6.45) is -1.93. The number of carbonyl (C=O) groups is 1. The Morgan fingerprint density at radius 1 is 1.61 bits per heavy atom. The highest BCUT2D eigenvalue weighted by Gasteiger charge is 2.29. The van der Waals surface area contributed by atoms with E-state index in [9.17, 15) is 9.18 Å². The molecular formula is C11H13BrCl2FNO2. The summed E-state index contributed by atoms with van der Waals surface area (Å²) in [5.41, 5.74) is 6.02. The third-order valence-corrected chi connectivity index (χ3v) is 2.98. The Labute approximate surface area is 124 Å². The van der Waals surface area contributed by atoms with Crippen molar-refractivity contribution in [1.29, 1.82) is 0 Å². The summed E-state index contributed by atoms with van der Waals surface area (Å²) in [7, 11) is 0. The minimum absolute atomic E-state index is 0. The van der Waals surface area contributed by atoms with Crippen LogP contribution >= 0.6 is 39.9 Å². The number of halogens is 4. The summed E-state index contributed by atoms with van der Waals surface area (Å²) >= 11 is 9.13. The SMILES string of the molecule is CCOC(=O)C(F)[C@H](N)c1cc(Br)ccc1Cl.Cl. The second kappa shape index (κ2) is 7.94. The normalized spacial score (nSPS) is 13.4. The number of carbonyl (C=O) groups excluding carboxylic acids is 1. The molecule has 0 saturated carbocycles. The molecule has 102 valence electrons. The summed E-state index contributed by atoms with van der Waals surface area (Å²) in [5, 5.41) is 0.313. The van der Waals surface area contributed by atoms with Crippen molar-refractivity contribution in [3.8, 4) is 0 Å². The first-order valence-corrected chi connectivity index (χ1v) is 6.15. The monoisotopic (exact) mass is 359 g/mol. The Kier molecular flexibility index (Phi) is 7.78. The fourth-order valence-electron chi connectivity index (χ4n) is 1.30. The zero-order chi connectivity index (χ0) is 13.0. The summed E-state index contributed by atoms with van der Waals surface area (Å²) in [6.45, 7) is 1.71. The van der Waals surface area contributed by atoms with E-state index in [1.165, 1.54) is 0 Å². The van der Waals surface area contributed by atoms with E-state index < -0.39 is 18.2 Å². The number of benzene rings is 1. The molecule has 1 aromatic rings. The molecule has 0 bridgehead atoms. The van der Waals surface area contributed by atoms with Crippen LogP contribution in [-0.2, 0) is 9.53 Å². The van der Waals surface area contributed by atoms with Crippen molar-refractivity contribution < 1.29 is 13.9 Å². The van der Waals surface area contributed by atoms with Gasteiger partial charge >= 0.3 is 5.97 Å². The molecule has 0 radical (unpaired) electrons. The van der Waals surface area contributed by atoms with Gasteiger partial charge in [0, 0.05) is 9.50 Å². The molecule has 3 nitrogen and oxygen atoms in total. The molecule has 0 saturated heterocycles. The van der Waals surface area contributed by atoms with E-state index >= 15 is 0 Å². The van der Waals surface area contributed by atoms with Gasteiger partial charge in [-0.1, -0.05) is 27.5 Å². The summed E-state index contributed by atoms with van der Waals surface area (Å²) in [6, 6.07) is 3.73. The number of ether oxygens (including phenoxy) is 1. The number of alkyl halides is 1. The second-order valence-electron chi connectivity index (χ2n) is 3.35. The van der Waals surface area contributed by atoms with Gasteiger partial charge in [-0.3, -0.25) is 0 Å². The van der Waals surface area contributed by atoms with Crippen molar-refractivity contribution in [2.75, 3.05) is 6.61 Å². The molecule has 0 fully saturated rings. The van der Waals surface area contributed by atoms with Crippen LogP contribution in [0.15, 0.2) is 22.7 Å². The Morgan fingerprint density at radius 2 is 2.22 bits per heavy atom. The highest BCUT2D eigenvalue weighted by atomic mass is 79.9. The molecule has 2 atom stereocenters. The molecule has 1 unspecified atom stereocenters. The van der Waals surface area contributed by atoms with Gasteiger partial charge in [-0.2, -0.15) is 0 Å². The molecule has 18 heavy (non-hydrogen) atoms. The van der Waals surface area contributed by atoms with Crippen molar-refractivity contribution in [2.24, 2.45) is 5.73 Å². The van der Waals surface area contributed by atoms with E-state index in [0.29, 0.717) is 15.1 Å². The summed E-state index contributed by atoms with van der Waals surface area (Å²) < 4.78 is 19.0. The third kappa shape index (κ3) is 4.39. The smallest absolute Gasteiger partial charge is 0.342 e. The number of rotatable bonds is 4. The van der Waals surface area contributed by atoms with Crippen LogP contribution in [0.1, 0.15) is 18.5 Å². The molecule has 1 aromatic carbocycles. The molecule has 0 spiro atoms. The molecule has 0 heterocycles. The van der Waals surface area contributed by atoms with Crippen molar-refractivity contribution in [3.63, 3.8) is 0 Å². The van der Waals surface area contributed by atoms with Crippen molar-refractivity contribution >= 4 is 45.9 Å². The molecular weight excluding hydrogens is 348 g/mol. The molecule has 0 aliphatic rings. The van der Waals surface area contributed by atoms with Crippen molar-refractivity contribution in [2.45, 2.75) is 19.1 Å². The first-order chi connectivity index (χ1) is 7.97. The summed E-state index contributed by atoms with van der Waals surface area (Å²) in [5.74, 6) is -0.976. The molecule has 7 heteroatoms. The Hall–Kier alpha value is -0.360.